The first kappa shape index (κ1) is 25.6. The number of carbonyl (C=O) groups excluding carboxylic acids is 1. The molecule has 2 aromatic rings. The number of likely N-dealkylation sites (tertiary alicyclic amines) is 1. The van der Waals surface area contributed by atoms with Gasteiger partial charge in [-0.25, -0.2) is 4.39 Å². The zero-order valence-corrected chi connectivity index (χ0v) is 22.2. The monoisotopic (exact) mass is 481 g/mol. The normalized spacial score (nSPS) is 18.2. The molecule has 0 N–H and O–H groups in total. The van der Waals surface area contributed by atoms with Gasteiger partial charge >= 0.3 is 0 Å². The SMILES string of the molecule is COCCCN1CN(c2ccc(F)cc2)C2(CCN(Cc3c(C)c(C)c(C)c(C)c3C)CC2)C1=O. The Hall–Kier alpha value is -2.44. The van der Waals surface area contributed by atoms with E-state index >= 15 is 0 Å². The van der Waals surface area contributed by atoms with Gasteiger partial charge in [-0.1, -0.05) is 0 Å². The minimum Gasteiger partial charge on any atom is -0.385 e. The number of nitrogens with zero attached hydrogens (tertiary/aromatic N) is 3. The van der Waals surface area contributed by atoms with E-state index in [0.29, 0.717) is 19.8 Å². The highest BCUT2D eigenvalue weighted by molar-refractivity contribution is 5.93. The molecule has 0 bridgehead atoms. The van der Waals surface area contributed by atoms with E-state index in [0.717, 1.165) is 44.6 Å². The molecule has 2 saturated heterocycles. The maximum atomic E-state index is 13.8. The third-order valence-electron chi connectivity index (χ3n) is 8.65. The fourth-order valence-electron chi connectivity index (χ4n) is 5.91. The Morgan fingerprint density at radius 2 is 1.49 bits per heavy atom. The fraction of sp³-hybridized carbons (Fsp3) is 0.552. The van der Waals surface area contributed by atoms with Crippen molar-refractivity contribution >= 4 is 11.6 Å². The van der Waals surface area contributed by atoms with Crippen molar-refractivity contribution in [3.05, 3.63) is 63.5 Å². The van der Waals surface area contributed by atoms with Gasteiger partial charge in [0.05, 0.1) is 6.67 Å². The number of hydrogen-bond donors (Lipinski definition) is 0. The zero-order chi connectivity index (χ0) is 25.3. The minimum absolute atomic E-state index is 0.201. The number of methoxy groups -OCH3 is 1. The predicted octanol–water partition coefficient (Wildman–Crippen LogP) is 5.05. The van der Waals surface area contributed by atoms with E-state index in [-0.39, 0.29) is 11.7 Å². The van der Waals surface area contributed by atoms with Gasteiger partial charge in [-0.2, -0.15) is 0 Å². The highest BCUT2D eigenvalue weighted by atomic mass is 19.1. The van der Waals surface area contributed by atoms with Crippen molar-refractivity contribution in [2.45, 2.75) is 66.0 Å². The van der Waals surface area contributed by atoms with Gasteiger partial charge in [-0.05, 0) is 112 Å². The Balaban J connectivity index is 1.55. The second kappa shape index (κ2) is 10.3. The number of halogens is 1. The van der Waals surface area contributed by atoms with Crippen LogP contribution in [0, 0.1) is 40.4 Å². The number of anilines is 1. The molecule has 0 unspecified atom stereocenters. The van der Waals surface area contributed by atoms with Gasteiger partial charge in [0, 0.05) is 45.6 Å². The number of ether oxygens (including phenoxy) is 1. The summed E-state index contributed by atoms with van der Waals surface area (Å²) < 4.78 is 18.9. The van der Waals surface area contributed by atoms with E-state index in [1.54, 1.807) is 19.2 Å². The van der Waals surface area contributed by atoms with Crippen LogP contribution in [0.4, 0.5) is 10.1 Å². The van der Waals surface area contributed by atoms with Gasteiger partial charge < -0.3 is 14.5 Å². The first-order chi connectivity index (χ1) is 16.7. The van der Waals surface area contributed by atoms with Crippen molar-refractivity contribution in [2.24, 2.45) is 0 Å². The van der Waals surface area contributed by atoms with Crippen molar-refractivity contribution in [3.8, 4) is 0 Å². The van der Waals surface area contributed by atoms with E-state index in [1.165, 1.54) is 45.5 Å². The number of piperidine rings is 1. The summed E-state index contributed by atoms with van der Waals surface area (Å²) in [7, 11) is 1.69. The van der Waals surface area contributed by atoms with Crippen LogP contribution in [0.15, 0.2) is 24.3 Å². The summed E-state index contributed by atoms with van der Waals surface area (Å²) in [6.45, 7) is 15.6. The van der Waals surface area contributed by atoms with Gasteiger partial charge in [0.15, 0.2) is 0 Å². The van der Waals surface area contributed by atoms with E-state index in [1.807, 2.05) is 4.90 Å². The molecule has 4 rings (SSSR count). The molecule has 0 atom stereocenters. The molecule has 190 valence electrons. The molecule has 0 aliphatic carbocycles. The number of amides is 1. The van der Waals surface area contributed by atoms with Crippen LogP contribution in [0.2, 0.25) is 0 Å². The highest BCUT2D eigenvalue weighted by Crippen LogP contribution is 2.40. The molecule has 0 aromatic heterocycles. The molecule has 0 radical (unpaired) electrons. The van der Waals surface area contributed by atoms with E-state index in [2.05, 4.69) is 44.4 Å². The number of hydrogen-bond acceptors (Lipinski definition) is 4. The first-order valence-electron chi connectivity index (χ1n) is 12.8. The standard InChI is InChI=1S/C29H40FN3O2/c1-20-21(2)23(4)27(24(5)22(20)3)18-31-15-12-29(13-16-31)28(34)32(14-7-17-35-6)19-33(29)26-10-8-25(30)9-11-26/h8-11H,7,12-19H2,1-6H3. The van der Waals surface area contributed by atoms with Gasteiger partial charge in [-0.15, -0.1) is 0 Å². The van der Waals surface area contributed by atoms with Gasteiger partial charge in [-0.3, -0.25) is 9.69 Å². The second-order valence-electron chi connectivity index (χ2n) is 10.4. The second-order valence-corrected chi connectivity index (χ2v) is 10.4. The summed E-state index contributed by atoms with van der Waals surface area (Å²) in [5.41, 5.74) is 8.72. The topological polar surface area (TPSA) is 36.0 Å². The van der Waals surface area contributed by atoms with Crippen LogP contribution in [0.5, 0.6) is 0 Å². The molecule has 2 fully saturated rings. The molecule has 0 saturated carbocycles. The molecule has 2 heterocycles. The van der Waals surface area contributed by atoms with Crippen LogP contribution in [-0.2, 0) is 16.1 Å². The molecule has 35 heavy (non-hydrogen) atoms. The van der Waals surface area contributed by atoms with Crippen LogP contribution >= 0.6 is 0 Å². The molecule has 1 spiro atoms. The Morgan fingerprint density at radius 3 is 2.06 bits per heavy atom. The first-order valence-corrected chi connectivity index (χ1v) is 12.8. The molecule has 5 nitrogen and oxygen atoms in total. The van der Waals surface area contributed by atoms with Gasteiger partial charge in [0.1, 0.15) is 11.4 Å². The molecule has 2 aliphatic rings. The summed E-state index contributed by atoms with van der Waals surface area (Å²) in [4.78, 5) is 20.5. The Kier molecular flexibility index (Phi) is 7.53. The van der Waals surface area contributed by atoms with E-state index in [4.69, 9.17) is 4.74 Å². The zero-order valence-electron chi connectivity index (χ0n) is 22.2. The molecular formula is C29H40FN3O2. The van der Waals surface area contributed by atoms with Crippen molar-refractivity contribution < 1.29 is 13.9 Å². The van der Waals surface area contributed by atoms with E-state index in [9.17, 15) is 9.18 Å². The van der Waals surface area contributed by atoms with Crippen LogP contribution in [0.3, 0.4) is 0 Å². The van der Waals surface area contributed by atoms with Crippen molar-refractivity contribution in [2.75, 3.05) is 44.9 Å². The largest absolute Gasteiger partial charge is 0.385 e. The summed E-state index contributed by atoms with van der Waals surface area (Å²) in [6.07, 6.45) is 2.35. The average Bonchev–Trinajstić information content (AvgIpc) is 3.12. The van der Waals surface area contributed by atoms with E-state index < -0.39 is 5.54 Å². The summed E-state index contributed by atoms with van der Waals surface area (Å²) >= 11 is 0. The molecule has 6 heteroatoms. The smallest absolute Gasteiger partial charge is 0.250 e. The van der Waals surface area contributed by atoms with Gasteiger partial charge in [0.2, 0.25) is 5.91 Å². The predicted molar refractivity (Wildman–Crippen MR) is 139 cm³/mol. The lowest BCUT2D eigenvalue weighted by Gasteiger charge is -2.43. The Labute approximate surface area is 209 Å². The lowest BCUT2D eigenvalue weighted by Crippen LogP contribution is -2.56. The van der Waals surface area contributed by atoms with Crippen LogP contribution in [-0.4, -0.2) is 61.3 Å². The Bertz CT molecular complexity index is 1050. The number of rotatable bonds is 7. The van der Waals surface area contributed by atoms with Crippen molar-refractivity contribution in [1.82, 2.24) is 9.80 Å². The third kappa shape index (κ3) is 4.70. The van der Waals surface area contributed by atoms with Crippen LogP contribution in [0.25, 0.3) is 0 Å². The van der Waals surface area contributed by atoms with Gasteiger partial charge in [0.25, 0.3) is 0 Å². The average molecular weight is 482 g/mol. The maximum Gasteiger partial charge on any atom is 0.250 e. The third-order valence-corrected chi connectivity index (χ3v) is 8.65. The minimum atomic E-state index is -0.565. The maximum absolute atomic E-state index is 13.8. The number of benzene rings is 2. The lowest BCUT2D eigenvalue weighted by molar-refractivity contribution is -0.133. The Morgan fingerprint density at radius 1 is 0.914 bits per heavy atom. The highest BCUT2D eigenvalue weighted by Gasteiger charge is 2.53. The molecular weight excluding hydrogens is 441 g/mol. The lowest BCUT2D eigenvalue weighted by atomic mass is 9.84. The number of carbonyl (C=O) groups is 1. The molecule has 1 amide bonds. The van der Waals surface area contributed by atoms with Crippen LogP contribution < -0.4 is 4.90 Å². The van der Waals surface area contributed by atoms with Crippen molar-refractivity contribution in [3.63, 3.8) is 0 Å². The summed E-state index contributed by atoms with van der Waals surface area (Å²) in [5, 5.41) is 0. The van der Waals surface area contributed by atoms with Crippen molar-refractivity contribution in [1.29, 1.82) is 0 Å². The quantitative estimate of drug-likeness (QED) is 0.519. The molecule has 2 aliphatic heterocycles. The molecule has 2 aromatic carbocycles. The fourth-order valence-corrected chi connectivity index (χ4v) is 5.91. The summed E-state index contributed by atoms with van der Waals surface area (Å²) in [5.74, 6) is -0.0542. The summed E-state index contributed by atoms with van der Waals surface area (Å²) in [6, 6.07) is 6.59. The van der Waals surface area contributed by atoms with Crippen LogP contribution in [0.1, 0.15) is 52.6 Å².